The van der Waals surface area contributed by atoms with Gasteiger partial charge in [0.25, 0.3) is 5.91 Å². The molecule has 1 unspecified atom stereocenters. The van der Waals surface area contributed by atoms with Crippen molar-refractivity contribution in [2.45, 2.75) is 25.6 Å². The Balaban J connectivity index is 1.48. The topological polar surface area (TPSA) is 64.8 Å². The third kappa shape index (κ3) is 4.58. The van der Waals surface area contributed by atoms with Gasteiger partial charge in [0, 0.05) is 18.0 Å². The van der Waals surface area contributed by atoms with Crippen molar-refractivity contribution < 1.29 is 14.3 Å². The van der Waals surface area contributed by atoms with Gasteiger partial charge < -0.3 is 20.1 Å². The van der Waals surface area contributed by atoms with Gasteiger partial charge >= 0.3 is 0 Å². The van der Waals surface area contributed by atoms with Crippen molar-refractivity contribution in [2.75, 3.05) is 11.5 Å². The van der Waals surface area contributed by atoms with E-state index in [1.807, 2.05) is 72.8 Å². The molecule has 0 aromatic heterocycles. The van der Waals surface area contributed by atoms with Gasteiger partial charge in [0.2, 0.25) is 0 Å². The number of hydrogen-bond acceptors (Lipinski definition) is 4. The highest BCUT2D eigenvalue weighted by molar-refractivity contribution is 6.30. The maximum absolute atomic E-state index is 13.2. The molecular weight excluding hydrogens is 400 g/mol. The molecule has 2 N–H and O–H groups in total. The van der Waals surface area contributed by atoms with Gasteiger partial charge in [-0.2, -0.15) is 0 Å². The third-order valence-electron chi connectivity index (χ3n) is 4.98. The second kappa shape index (κ2) is 9.20. The highest BCUT2D eigenvalue weighted by atomic mass is 35.5. The Morgan fingerprint density at radius 3 is 2.63 bits per heavy atom. The molecule has 0 spiro atoms. The molecule has 0 saturated heterocycles. The fraction of sp³-hybridized carbons (Fsp3) is 0.208. The number of ether oxygens (including phenoxy) is 2. The standard InChI is InChI=1S/C24H23ClN2O3/c25-19-7-3-6-18(13-19)16-27-21-9-1-2-10-22(21)30-23(24(27)28)11-12-29-20-8-4-5-17(14-20)15-26/h1-10,13-14,23H,11-12,15-16,26H2. The number of amides is 1. The summed E-state index contributed by atoms with van der Waals surface area (Å²) in [5.74, 6) is 1.33. The number of nitrogens with two attached hydrogens (primary N) is 1. The molecule has 3 aromatic carbocycles. The molecular formula is C24H23ClN2O3. The Morgan fingerprint density at radius 1 is 1.00 bits per heavy atom. The number of nitrogens with zero attached hydrogens (tertiary/aromatic N) is 1. The zero-order chi connectivity index (χ0) is 20.9. The molecule has 4 rings (SSSR count). The number of hydrogen-bond donors (Lipinski definition) is 1. The average molecular weight is 423 g/mol. The van der Waals surface area contributed by atoms with Crippen LogP contribution >= 0.6 is 11.6 Å². The van der Waals surface area contributed by atoms with Gasteiger partial charge in [-0.05, 0) is 47.5 Å². The summed E-state index contributed by atoms with van der Waals surface area (Å²) in [4.78, 5) is 15.0. The van der Waals surface area contributed by atoms with Crippen LogP contribution in [0.1, 0.15) is 17.5 Å². The average Bonchev–Trinajstić information content (AvgIpc) is 2.76. The Kier molecular flexibility index (Phi) is 6.21. The zero-order valence-corrected chi connectivity index (χ0v) is 17.2. The fourth-order valence-electron chi connectivity index (χ4n) is 3.49. The van der Waals surface area contributed by atoms with Crippen LogP contribution < -0.4 is 20.1 Å². The largest absolute Gasteiger partial charge is 0.493 e. The van der Waals surface area contributed by atoms with Gasteiger partial charge in [0.15, 0.2) is 6.10 Å². The first kappa shape index (κ1) is 20.3. The van der Waals surface area contributed by atoms with Crippen LogP contribution in [-0.2, 0) is 17.9 Å². The predicted octanol–water partition coefficient (Wildman–Crippen LogP) is 4.56. The van der Waals surface area contributed by atoms with Gasteiger partial charge in [0.05, 0.1) is 18.8 Å². The van der Waals surface area contributed by atoms with Crippen LogP contribution in [0.5, 0.6) is 11.5 Å². The Hall–Kier alpha value is -3.02. The molecule has 3 aromatic rings. The lowest BCUT2D eigenvalue weighted by Crippen LogP contribution is -2.46. The van der Waals surface area contributed by atoms with Gasteiger partial charge in [-0.1, -0.05) is 48.0 Å². The maximum atomic E-state index is 13.2. The van der Waals surface area contributed by atoms with Crippen LogP contribution in [0.15, 0.2) is 72.8 Å². The maximum Gasteiger partial charge on any atom is 0.268 e. The summed E-state index contributed by atoms with van der Waals surface area (Å²) in [6, 6.07) is 22.7. The summed E-state index contributed by atoms with van der Waals surface area (Å²) < 4.78 is 11.8. The van der Waals surface area contributed by atoms with Gasteiger partial charge in [0.1, 0.15) is 11.5 Å². The van der Waals surface area contributed by atoms with E-state index in [1.54, 1.807) is 4.90 Å². The van der Waals surface area contributed by atoms with E-state index in [0.29, 0.717) is 36.9 Å². The number of para-hydroxylation sites is 2. The minimum atomic E-state index is -0.614. The van der Waals surface area contributed by atoms with Crippen LogP contribution in [0.3, 0.4) is 0 Å². The van der Waals surface area contributed by atoms with Gasteiger partial charge in [-0.15, -0.1) is 0 Å². The molecule has 1 aliphatic heterocycles. The molecule has 1 amide bonds. The zero-order valence-electron chi connectivity index (χ0n) is 16.5. The van der Waals surface area contributed by atoms with Crippen molar-refractivity contribution >= 4 is 23.2 Å². The fourth-order valence-corrected chi connectivity index (χ4v) is 3.70. The van der Waals surface area contributed by atoms with E-state index in [9.17, 15) is 4.79 Å². The van der Waals surface area contributed by atoms with Gasteiger partial charge in [-0.3, -0.25) is 4.79 Å². The lowest BCUT2D eigenvalue weighted by atomic mass is 10.1. The molecule has 1 aliphatic rings. The summed E-state index contributed by atoms with van der Waals surface area (Å²) in [6.07, 6.45) is -0.178. The monoisotopic (exact) mass is 422 g/mol. The molecule has 6 heteroatoms. The van der Waals surface area contributed by atoms with Crippen LogP contribution in [0.2, 0.25) is 5.02 Å². The molecule has 0 aliphatic carbocycles. The molecule has 1 atom stereocenters. The second-order valence-corrected chi connectivity index (χ2v) is 7.55. The summed E-state index contributed by atoms with van der Waals surface area (Å²) in [5.41, 5.74) is 8.40. The quantitative estimate of drug-likeness (QED) is 0.606. The number of carbonyl (C=O) groups excluding carboxylic acids is 1. The van der Waals surface area contributed by atoms with Gasteiger partial charge in [-0.25, -0.2) is 0 Å². The van der Waals surface area contributed by atoms with E-state index < -0.39 is 6.10 Å². The highest BCUT2D eigenvalue weighted by Crippen LogP contribution is 2.35. The number of rotatable bonds is 7. The summed E-state index contributed by atoms with van der Waals surface area (Å²) in [5, 5.41) is 0.645. The van der Waals surface area contributed by atoms with E-state index in [2.05, 4.69) is 0 Å². The normalized spacial score (nSPS) is 15.5. The van der Waals surface area contributed by atoms with E-state index in [1.165, 1.54) is 0 Å². The smallest absolute Gasteiger partial charge is 0.268 e. The third-order valence-corrected chi connectivity index (χ3v) is 5.21. The number of halogens is 1. The molecule has 0 radical (unpaired) electrons. The summed E-state index contributed by atoms with van der Waals surface area (Å²) in [7, 11) is 0. The van der Waals surface area contributed by atoms with Crippen LogP contribution in [0, 0.1) is 0 Å². The minimum Gasteiger partial charge on any atom is -0.493 e. The van der Waals surface area contributed by atoms with Crippen molar-refractivity contribution in [3.05, 3.63) is 88.9 Å². The molecule has 5 nitrogen and oxygen atoms in total. The minimum absolute atomic E-state index is 0.0898. The first-order valence-corrected chi connectivity index (χ1v) is 10.2. The van der Waals surface area contributed by atoms with Crippen molar-refractivity contribution in [1.29, 1.82) is 0 Å². The number of carbonyl (C=O) groups is 1. The van der Waals surface area contributed by atoms with Crippen LogP contribution in [-0.4, -0.2) is 18.6 Å². The molecule has 0 saturated carbocycles. The van der Waals surface area contributed by atoms with E-state index in [4.69, 9.17) is 26.8 Å². The highest BCUT2D eigenvalue weighted by Gasteiger charge is 2.34. The first-order valence-electron chi connectivity index (χ1n) is 9.87. The van der Waals surface area contributed by atoms with Crippen molar-refractivity contribution in [2.24, 2.45) is 5.73 Å². The first-order chi connectivity index (χ1) is 14.6. The molecule has 1 heterocycles. The number of fused-ring (bicyclic) bond motifs is 1. The number of anilines is 1. The Morgan fingerprint density at radius 2 is 1.80 bits per heavy atom. The SMILES string of the molecule is NCc1cccc(OCCC2Oc3ccccc3N(Cc3cccc(Cl)c3)C2=O)c1. The molecule has 30 heavy (non-hydrogen) atoms. The van der Waals surface area contributed by atoms with Crippen molar-refractivity contribution in [3.8, 4) is 11.5 Å². The molecule has 154 valence electrons. The number of benzene rings is 3. The predicted molar refractivity (Wildman–Crippen MR) is 118 cm³/mol. The van der Waals surface area contributed by atoms with Crippen LogP contribution in [0.4, 0.5) is 5.69 Å². The lowest BCUT2D eigenvalue weighted by Gasteiger charge is -2.34. The van der Waals surface area contributed by atoms with E-state index in [-0.39, 0.29) is 5.91 Å². The van der Waals surface area contributed by atoms with E-state index >= 15 is 0 Å². The lowest BCUT2D eigenvalue weighted by molar-refractivity contribution is -0.127. The van der Waals surface area contributed by atoms with Crippen molar-refractivity contribution in [1.82, 2.24) is 0 Å². The summed E-state index contributed by atoms with van der Waals surface area (Å²) >= 11 is 6.12. The Labute approximate surface area is 181 Å². The van der Waals surface area contributed by atoms with Crippen molar-refractivity contribution in [3.63, 3.8) is 0 Å². The second-order valence-electron chi connectivity index (χ2n) is 7.12. The Bertz CT molecular complexity index is 1040. The summed E-state index contributed by atoms with van der Waals surface area (Å²) in [6.45, 7) is 1.24. The van der Waals surface area contributed by atoms with E-state index in [0.717, 1.165) is 22.6 Å². The van der Waals surface area contributed by atoms with Crippen LogP contribution in [0.25, 0.3) is 0 Å². The molecule has 0 fully saturated rings. The molecule has 0 bridgehead atoms.